The van der Waals surface area contributed by atoms with Crippen molar-refractivity contribution in [2.24, 2.45) is 0 Å². The molecule has 2 atom stereocenters. The van der Waals surface area contributed by atoms with Gasteiger partial charge in [-0.25, -0.2) is 8.42 Å². The van der Waals surface area contributed by atoms with Gasteiger partial charge in [-0.15, -0.1) is 0 Å². The van der Waals surface area contributed by atoms with Crippen LogP contribution < -0.4 is 0 Å². The van der Waals surface area contributed by atoms with E-state index in [1.165, 1.54) is 0 Å². The first-order valence-electron chi connectivity index (χ1n) is 9.51. The summed E-state index contributed by atoms with van der Waals surface area (Å²) in [6.45, 7) is 4.30. The molecule has 28 heavy (non-hydrogen) atoms. The molecule has 7 heteroatoms. The van der Waals surface area contributed by atoms with Crippen molar-refractivity contribution in [2.45, 2.75) is 32.2 Å². The van der Waals surface area contributed by atoms with Gasteiger partial charge < -0.3 is 9.88 Å². The predicted molar refractivity (Wildman–Crippen MR) is 114 cm³/mol. The number of carbonyl (C=O) groups excluding carboxylic acids is 1. The van der Waals surface area contributed by atoms with E-state index >= 15 is 0 Å². The second-order valence-electron chi connectivity index (χ2n) is 7.52. The highest BCUT2D eigenvalue weighted by atomic mass is 35.5. The number of benzene rings is 2. The number of amides is 1. The quantitative estimate of drug-likeness (QED) is 0.693. The third-order valence-corrected chi connectivity index (χ3v) is 7.71. The van der Waals surface area contributed by atoms with Crippen LogP contribution in [-0.4, -0.2) is 48.3 Å². The Kier molecular flexibility index (Phi) is 4.88. The molecule has 1 saturated heterocycles. The van der Waals surface area contributed by atoms with Crippen molar-refractivity contribution in [3.8, 4) is 0 Å². The van der Waals surface area contributed by atoms with Crippen molar-refractivity contribution < 1.29 is 13.2 Å². The summed E-state index contributed by atoms with van der Waals surface area (Å²) in [5.41, 5.74) is 2.87. The van der Waals surface area contributed by atoms with E-state index in [0.29, 0.717) is 18.0 Å². The number of aromatic nitrogens is 1. The number of H-pyrrole nitrogens is 1. The maximum atomic E-state index is 13.1. The second-order valence-corrected chi connectivity index (χ2v) is 10.2. The Hall–Kier alpha value is -2.05. The van der Waals surface area contributed by atoms with Crippen LogP contribution in [0, 0.1) is 0 Å². The van der Waals surface area contributed by atoms with Crippen LogP contribution in [0.15, 0.2) is 36.4 Å². The minimum absolute atomic E-state index is 0.0249. The Morgan fingerprint density at radius 3 is 2.68 bits per heavy atom. The minimum atomic E-state index is -3.03. The fraction of sp³-hybridized carbons (Fsp3) is 0.381. The van der Waals surface area contributed by atoms with Gasteiger partial charge in [-0.3, -0.25) is 4.79 Å². The van der Waals surface area contributed by atoms with Gasteiger partial charge in [-0.2, -0.15) is 0 Å². The van der Waals surface area contributed by atoms with Gasteiger partial charge in [0.1, 0.15) is 0 Å². The fourth-order valence-corrected chi connectivity index (χ4v) is 6.07. The molecule has 1 aliphatic heterocycles. The van der Waals surface area contributed by atoms with Crippen LogP contribution in [0.2, 0.25) is 5.02 Å². The standard InChI is InChI=1S/C21H23ClN2O3S/c1-3-24(16-8-9-28(26,27)12-16)21(25)13(2)14-4-6-17-18-11-15(22)5-7-19(18)23-20(17)10-14/h4-7,10-11,13,16,23H,3,8-9,12H2,1-2H3/t13-,16+/m0/s1. The van der Waals surface area contributed by atoms with Gasteiger partial charge in [-0.05, 0) is 50.1 Å². The summed E-state index contributed by atoms with van der Waals surface area (Å²) in [6, 6.07) is 11.5. The Bertz CT molecular complexity index is 1170. The average Bonchev–Trinajstić information content (AvgIpc) is 3.20. The van der Waals surface area contributed by atoms with E-state index in [2.05, 4.69) is 4.98 Å². The lowest BCUT2D eigenvalue weighted by Gasteiger charge is -2.29. The van der Waals surface area contributed by atoms with Crippen molar-refractivity contribution in [3.63, 3.8) is 0 Å². The first kappa shape index (κ1) is 19.3. The zero-order chi connectivity index (χ0) is 20.1. The number of nitrogens with zero attached hydrogens (tertiary/aromatic N) is 1. The van der Waals surface area contributed by atoms with Crippen LogP contribution in [0.4, 0.5) is 0 Å². The van der Waals surface area contributed by atoms with Gasteiger partial charge in [0.15, 0.2) is 9.84 Å². The van der Waals surface area contributed by atoms with E-state index in [0.717, 1.165) is 27.4 Å². The zero-order valence-corrected chi connectivity index (χ0v) is 17.5. The molecule has 1 N–H and O–H groups in total. The minimum Gasteiger partial charge on any atom is -0.355 e. The highest BCUT2D eigenvalue weighted by Gasteiger charge is 2.35. The number of hydrogen-bond donors (Lipinski definition) is 1. The molecular formula is C21H23ClN2O3S. The van der Waals surface area contributed by atoms with Crippen LogP contribution in [0.3, 0.4) is 0 Å². The van der Waals surface area contributed by atoms with Gasteiger partial charge in [-0.1, -0.05) is 23.7 Å². The largest absolute Gasteiger partial charge is 0.355 e. The predicted octanol–water partition coefficient (Wildman–Crippen LogP) is 4.11. The Labute approximate surface area is 169 Å². The van der Waals surface area contributed by atoms with E-state index in [-0.39, 0.29) is 29.4 Å². The first-order chi connectivity index (χ1) is 13.3. The molecule has 1 aliphatic rings. The lowest BCUT2D eigenvalue weighted by Crippen LogP contribution is -2.43. The van der Waals surface area contributed by atoms with Crippen molar-refractivity contribution in [2.75, 3.05) is 18.1 Å². The van der Waals surface area contributed by atoms with Crippen molar-refractivity contribution >= 4 is 49.2 Å². The third kappa shape index (κ3) is 3.40. The monoisotopic (exact) mass is 418 g/mol. The summed E-state index contributed by atoms with van der Waals surface area (Å²) < 4.78 is 23.7. The van der Waals surface area contributed by atoms with Crippen molar-refractivity contribution in [1.29, 1.82) is 0 Å². The summed E-state index contributed by atoms with van der Waals surface area (Å²) in [5.74, 6) is -0.133. The molecule has 4 rings (SSSR count). The van der Waals surface area contributed by atoms with Gasteiger partial charge >= 0.3 is 0 Å². The van der Waals surface area contributed by atoms with E-state index in [4.69, 9.17) is 11.6 Å². The molecule has 2 aromatic carbocycles. The molecule has 3 aromatic rings. The fourth-order valence-electron chi connectivity index (χ4n) is 4.17. The summed E-state index contributed by atoms with van der Waals surface area (Å²) >= 11 is 6.13. The van der Waals surface area contributed by atoms with Gasteiger partial charge in [0.25, 0.3) is 0 Å². The van der Waals surface area contributed by atoms with Gasteiger partial charge in [0, 0.05) is 39.4 Å². The van der Waals surface area contributed by atoms with Crippen molar-refractivity contribution in [1.82, 2.24) is 9.88 Å². The number of rotatable bonds is 4. The molecule has 1 aromatic heterocycles. The van der Waals surface area contributed by atoms with E-state index in [9.17, 15) is 13.2 Å². The molecule has 0 unspecified atom stereocenters. The number of halogens is 1. The maximum Gasteiger partial charge on any atom is 0.230 e. The number of likely N-dealkylation sites (N-methyl/N-ethyl adjacent to an activating group) is 1. The number of carbonyl (C=O) groups is 1. The molecule has 0 bridgehead atoms. The number of sulfone groups is 1. The van der Waals surface area contributed by atoms with Crippen LogP contribution in [0.25, 0.3) is 21.8 Å². The normalized spacial score (nSPS) is 19.9. The summed E-state index contributed by atoms with van der Waals surface area (Å²) in [6.07, 6.45) is 0.524. The highest BCUT2D eigenvalue weighted by Crippen LogP contribution is 2.31. The number of fused-ring (bicyclic) bond motifs is 3. The third-order valence-electron chi connectivity index (χ3n) is 5.73. The summed E-state index contributed by atoms with van der Waals surface area (Å²) in [7, 11) is -3.03. The zero-order valence-electron chi connectivity index (χ0n) is 15.9. The molecule has 1 fully saturated rings. The van der Waals surface area contributed by atoms with E-state index in [1.807, 2.05) is 50.2 Å². The van der Waals surface area contributed by atoms with Gasteiger partial charge in [0.05, 0.1) is 17.4 Å². The lowest BCUT2D eigenvalue weighted by atomic mass is 9.97. The summed E-state index contributed by atoms with van der Waals surface area (Å²) in [4.78, 5) is 18.2. The lowest BCUT2D eigenvalue weighted by molar-refractivity contribution is -0.134. The SMILES string of the molecule is CCN(C(=O)[C@@H](C)c1ccc2c(c1)[nH]c1ccc(Cl)cc12)[C@@H]1CCS(=O)(=O)C1. The highest BCUT2D eigenvalue weighted by molar-refractivity contribution is 7.91. The topological polar surface area (TPSA) is 70.2 Å². The Balaban J connectivity index is 1.64. The van der Waals surface area contributed by atoms with E-state index < -0.39 is 9.84 Å². The molecule has 2 heterocycles. The van der Waals surface area contributed by atoms with Crippen molar-refractivity contribution in [3.05, 3.63) is 47.0 Å². The van der Waals surface area contributed by atoms with Crippen LogP contribution in [0.5, 0.6) is 0 Å². The van der Waals surface area contributed by atoms with Gasteiger partial charge in [0.2, 0.25) is 5.91 Å². The molecular weight excluding hydrogens is 396 g/mol. The number of nitrogens with one attached hydrogen (secondary N) is 1. The molecule has 0 saturated carbocycles. The maximum absolute atomic E-state index is 13.1. The average molecular weight is 419 g/mol. The van der Waals surface area contributed by atoms with Crippen LogP contribution in [-0.2, 0) is 14.6 Å². The number of hydrogen-bond acceptors (Lipinski definition) is 3. The molecule has 148 valence electrons. The molecule has 0 spiro atoms. The van der Waals surface area contributed by atoms with Crippen LogP contribution >= 0.6 is 11.6 Å². The summed E-state index contributed by atoms with van der Waals surface area (Å²) in [5, 5.41) is 2.81. The molecule has 1 amide bonds. The smallest absolute Gasteiger partial charge is 0.230 e. The molecule has 5 nitrogen and oxygen atoms in total. The Morgan fingerprint density at radius 1 is 1.21 bits per heavy atom. The number of aromatic amines is 1. The van der Waals surface area contributed by atoms with Crippen LogP contribution in [0.1, 0.15) is 31.7 Å². The Morgan fingerprint density at radius 2 is 2.00 bits per heavy atom. The second kappa shape index (κ2) is 7.08. The van der Waals surface area contributed by atoms with E-state index in [1.54, 1.807) is 4.90 Å². The first-order valence-corrected chi connectivity index (χ1v) is 11.7. The molecule has 0 aliphatic carbocycles. The molecule has 0 radical (unpaired) electrons.